The predicted octanol–water partition coefficient (Wildman–Crippen LogP) is 1.69. The molecule has 1 saturated heterocycles. The number of rotatable bonds is 5. The SMILES string of the molecule is CC(=O)N1CCN(CCNC(=O)[C@H]2CCCC[C@H]2C(=O)C(C)(C)C)CC1. The summed E-state index contributed by atoms with van der Waals surface area (Å²) in [6, 6.07) is 0. The fourth-order valence-electron chi connectivity index (χ4n) is 4.07. The number of carbonyl (C=O) groups is 3. The predicted molar refractivity (Wildman–Crippen MR) is 102 cm³/mol. The van der Waals surface area contributed by atoms with Crippen molar-refractivity contribution >= 4 is 17.6 Å². The summed E-state index contributed by atoms with van der Waals surface area (Å²) in [5.74, 6) is 0.0741. The Morgan fingerprint density at radius 1 is 0.962 bits per heavy atom. The minimum Gasteiger partial charge on any atom is -0.355 e. The Morgan fingerprint density at radius 3 is 2.08 bits per heavy atom. The highest BCUT2D eigenvalue weighted by molar-refractivity contribution is 5.91. The molecule has 1 aliphatic heterocycles. The van der Waals surface area contributed by atoms with Crippen LogP contribution in [0.2, 0.25) is 0 Å². The summed E-state index contributed by atoms with van der Waals surface area (Å²) in [5, 5.41) is 3.06. The molecule has 2 fully saturated rings. The molecule has 2 aliphatic rings. The van der Waals surface area contributed by atoms with E-state index >= 15 is 0 Å². The summed E-state index contributed by atoms with van der Waals surface area (Å²) in [6.45, 7) is 12.1. The lowest BCUT2D eigenvalue weighted by Gasteiger charge is -2.35. The second kappa shape index (κ2) is 8.98. The summed E-state index contributed by atoms with van der Waals surface area (Å²) in [5.41, 5.74) is -0.392. The second-order valence-corrected chi connectivity index (χ2v) is 8.75. The van der Waals surface area contributed by atoms with Gasteiger partial charge in [0.2, 0.25) is 11.8 Å². The molecule has 0 unspecified atom stereocenters. The summed E-state index contributed by atoms with van der Waals surface area (Å²) in [6.07, 6.45) is 3.71. The van der Waals surface area contributed by atoms with E-state index in [-0.39, 0.29) is 29.4 Å². The molecule has 1 heterocycles. The maximum atomic E-state index is 12.7. The summed E-state index contributed by atoms with van der Waals surface area (Å²) in [4.78, 5) is 40.9. The number of carbonyl (C=O) groups excluding carboxylic acids is 3. The van der Waals surface area contributed by atoms with Crippen LogP contribution in [0.4, 0.5) is 0 Å². The maximum Gasteiger partial charge on any atom is 0.223 e. The maximum absolute atomic E-state index is 12.7. The van der Waals surface area contributed by atoms with Gasteiger partial charge in [0.1, 0.15) is 5.78 Å². The van der Waals surface area contributed by atoms with Crippen molar-refractivity contribution in [1.82, 2.24) is 15.1 Å². The molecule has 2 rings (SSSR count). The van der Waals surface area contributed by atoms with Gasteiger partial charge in [-0.1, -0.05) is 33.6 Å². The van der Waals surface area contributed by atoms with Crippen LogP contribution in [0, 0.1) is 17.3 Å². The van der Waals surface area contributed by atoms with E-state index in [0.29, 0.717) is 6.54 Å². The van der Waals surface area contributed by atoms with Gasteiger partial charge in [0, 0.05) is 63.4 Å². The average Bonchev–Trinajstić information content (AvgIpc) is 2.60. The third-order valence-corrected chi connectivity index (χ3v) is 5.72. The second-order valence-electron chi connectivity index (χ2n) is 8.75. The molecule has 0 aromatic rings. The van der Waals surface area contributed by atoms with Gasteiger partial charge in [0.05, 0.1) is 0 Å². The van der Waals surface area contributed by atoms with E-state index in [9.17, 15) is 14.4 Å². The van der Waals surface area contributed by atoms with Gasteiger partial charge >= 0.3 is 0 Å². The molecular weight excluding hydrogens is 330 g/mol. The van der Waals surface area contributed by atoms with Gasteiger partial charge in [-0.25, -0.2) is 0 Å². The van der Waals surface area contributed by atoms with Gasteiger partial charge in [0.25, 0.3) is 0 Å². The van der Waals surface area contributed by atoms with Crippen molar-refractivity contribution in [1.29, 1.82) is 0 Å². The van der Waals surface area contributed by atoms with Crippen LogP contribution in [-0.4, -0.2) is 66.7 Å². The number of piperazine rings is 1. The molecule has 0 bridgehead atoms. The van der Waals surface area contributed by atoms with Crippen molar-refractivity contribution in [2.45, 2.75) is 53.4 Å². The number of nitrogens with one attached hydrogen (secondary N) is 1. The lowest BCUT2D eigenvalue weighted by atomic mass is 9.70. The lowest BCUT2D eigenvalue weighted by Crippen LogP contribution is -2.50. The largest absolute Gasteiger partial charge is 0.355 e. The van der Waals surface area contributed by atoms with E-state index < -0.39 is 5.41 Å². The van der Waals surface area contributed by atoms with Gasteiger partial charge in [0.15, 0.2) is 0 Å². The number of Topliss-reactive ketones (excluding diaryl/α,β-unsaturated/α-hetero) is 1. The van der Waals surface area contributed by atoms with Crippen LogP contribution in [0.5, 0.6) is 0 Å². The van der Waals surface area contributed by atoms with Gasteiger partial charge < -0.3 is 10.2 Å². The van der Waals surface area contributed by atoms with E-state index in [4.69, 9.17) is 0 Å². The van der Waals surface area contributed by atoms with Crippen molar-refractivity contribution in [3.63, 3.8) is 0 Å². The Balaban J connectivity index is 1.79. The van der Waals surface area contributed by atoms with Crippen molar-refractivity contribution in [2.24, 2.45) is 17.3 Å². The monoisotopic (exact) mass is 365 g/mol. The van der Waals surface area contributed by atoms with Gasteiger partial charge in [-0.3, -0.25) is 19.3 Å². The van der Waals surface area contributed by atoms with E-state index in [1.807, 2.05) is 25.7 Å². The molecule has 0 radical (unpaired) electrons. The average molecular weight is 366 g/mol. The Labute approximate surface area is 157 Å². The van der Waals surface area contributed by atoms with Crippen molar-refractivity contribution in [2.75, 3.05) is 39.3 Å². The van der Waals surface area contributed by atoms with Crippen molar-refractivity contribution in [3.05, 3.63) is 0 Å². The van der Waals surface area contributed by atoms with E-state index in [1.54, 1.807) is 6.92 Å². The first-order chi connectivity index (χ1) is 12.2. The zero-order valence-corrected chi connectivity index (χ0v) is 16.8. The Hall–Kier alpha value is -1.43. The number of hydrogen-bond acceptors (Lipinski definition) is 4. The quantitative estimate of drug-likeness (QED) is 0.805. The highest BCUT2D eigenvalue weighted by atomic mass is 16.2. The normalized spacial score (nSPS) is 25.0. The highest BCUT2D eigenvalue weighted by Crippen LogP contribution is 2.35. The molecule has 1 saturated carbocycles. The highest BCUT2D eigenvalue weighted by Gasteiger charge is 2.39. The standard InChI is InChI=1S/C20H35N3O3/c1-15(24)23-13-11-22(12-14-23)10-9-21-19(26)17-8-6-5-7-16(17)18(25)20(2,3)4/h16-17H,5-14H2,1-4H3,(H,21,26)/t16-,17+/m1/s1. The Bertz CT molecular complexity index is 519. The smallest absolute Gasteiger partial charge is 0.223 e. The molecule has 6 nitrogen and oxygen atoms in total. The van der Waals surface area contributed by atoms with Crippen molar-refractivity contribution in [3.8, 4) is 0 Å². The third-order valence-electron chi connectivity index (χ3n) is 5.72. The first-order valence-corrected chi connectivity index (χ1v) is 10.00. The number of ketones is 1. The zero-order chi connectivity index (χ0) is 19.3. The molecule has 2 amide bonds. The van der Waals surface area contributed by atoms with Crippen LogP contribution in [0.15, 0.2) is 0 Å². The van der Waals surface area contributed by atoms with E-state index in [1.165, 1.54) is 0 Å². The molecule has 6 heteroatoms. The van der Waals surface area contributed by atoms with Crippen molar-refractivity contribution < 1.29 is 14.4 Å². The van der Waals surface area contributed by atoms with Gasteiger partial charge in [-0.2, -0.15) is 0 Å². The molecule has 1 N–H and O–H groups in total. The first-order valence-electron chi connectivity index (χ1n) is 10.00. The number of nitrogens with zero attached hydrogens (tertiary/aromatic N) is 2. The van der Waals surface area contributed by atoms with Crippen LogP contribution in [0.25, 0.3) is 0 Å². The van der Waals surface area contributed by atoms with E-state index in [0.717, 1.165) is 58.4 Å². The third kappa shape index (κ3) is 5.53. The molecule has 0 aromatic carbocycles. The molecule has 26 heavy (non-hydrogen) atoms. The number of hydrogen-bond donors (Lipinski definition) is 1. The summed E-state index contributed by atoms with van der Waals surface area (Å²) < 4.78 is 0. The summed E-state index contributed by atoms with van der Waals surface area (Å²) in [7, 11) is 0. The number of amides is 2. The van der Waals surface area contributed by atoms with Gasteiger partial charge in [-0.15, -0.1) is 0 Å². The fraction of sp³-hybridized carbons (Fsp3) is 0.850. The molecular formula is C20H35N3O3. The van der Waals surface area contributed by atoms with E-state index in [2.05, 4.69) is 10.2 Å². The molecule has 148 valence electrons. The molecule has 0 spiro atoms. The first kappa shape index (κ1) is 20.9. The zero-order valence-electron chi connectivity index (χ0n) is 16.8. The van der Waals surface area contributed by atoms with Crippen LogP contribution in [0.1, 0.15) is 53.4 Å². The Morgan fingerprint density at radius 2 is 1.54 bits per heavy atom. The lowest BCUT2D eigenvalue weighted by molar-refractivity contribution is -0.139. The molecule has 1 aliphatic carbocycles. The van der Waals surface area contributed by atoms with Crippen LogP contribution < -0.4 is 5.32 Å². The topological polar surface area (TPSA) is 69.7 Å². The van der Waals surface area contributed by atoms with Gasteiger partial charge in [-0.05, 0) is 12.8 Å². The van der Waals surface area contributed by atoms with Crippen LogP contribution >= 0.6 is 0 Å². The minimum absolute atomic E-state index is 0.0367. The Kier molecular flexibility index (Phi) is 7.21. The van der Waals surface area contributed by atoms with Crippen LogP contribution in [-0.2, 0) is 14.4 Å². The van der Waals surface area contributed by atoms with Crippen LogP contribution in [0.3, 0.4) is 0 Å². The minimum atomic E-state index is -0.392. The summed E-state index contributed by atoms with van der Waals surface area (Å²) >= 11 is 0. The molecule has 2 atom stereocenters. The molecule has 0 aromatic heterocycles. The fourth-order valence-corrected chi connectivity index (χ4v) is 4.07.